The van der Waals surface area contributed by atoms with Crippen LogP contribution in [0.4, 0.5) is 5.69 Å². The van der Waals surface area contributed by atoms with Gasteiger partial charge in [0.1, 0.15) is 6.61 Å². The Kier molecular flexibility index (Phi) is 4.62. The van der Waals surface area contributed by atoms with Crippen molar-refractivity contribution in [3.8, 4) is 5.75 Å². The van der Waals surface area contributed by atoms with E-state index in [9.17, 15) is 10.1 Å². The molecule has 1 N–H and O–H groups in total. The van der Waals surface area contributed by atoms with Gasteiger partial charge < -0.3 is 10.1 Å². The van der Waals surface area contributed by atoms with Crippen LogP contribution in [0.25, 0.3) is 0 Å². The third kappa shape index (κ3) is 3.52. The van der Waals surface area contributed by atoms with Crippen molar-refractivity contribution in [2.45, 2.75) is 13.2 Å². The van der Waals surface area contributed by atoms with Gasteiger partial charge in [-0.1, -0.05) is 12.1 Å². The lowest BCUT2D eigenvalue weighted by Gasteiger charge is -2.08. The van der Waals surface area contributed by atoms with E-state index < -0.39 is 4.92 Å². The molecule has 1 aromatic heterocycles. The number of hydrogen-bond donors (Lipinski definition) is 1. The summed E-state index contributed by atoms with van der Waals surface area (Å²) in [6.07, 6.45) is 3.34. The van der Waals surface area contributed by atoms with E-state index in [1.54, 1.807) is 30.6 Å². The normalized spacial score (nSPS) is 10.2. The van der Waals surface area contributed by atoms with E-state index >= 15 is 0 Å². The molecule has 6 nitrogen and oxygen atoms in total. The molecule has 6 heteroatoms. The van der Waals surface area contributed by atoms with Crippen molar-refractivity contribution in [3.63, 3.8) is 0 Å². The molecule has 0 atom stereocenters. The fourth-order valence-electron chi connectivity index (χ4n) is 1.78. The fraction of sp³-hybridized carbons (Fsp3) is 0.214. The Hall–Kier alpha value is -2.47. The van der Waals surface area contributed by atoms with Crippen molar-refractivity contribution < 1.29 is 9.66 Å². The number of nitro benzene ring substituents is 1. The summed E-state index contributed by atoms with van der Waals surface area (Å²) in [4.78, 5) is 14.5. The number of pyridine rings is 1. The summed E-state index contributed by atoms with van der Waals surface area (Å²) in [5.41, 5.74) is 1.76. The second kappa shape index (κ2) is 6.63. The molecule has 2 rings (SSSR count). The first-order valence-electron chi connectivity index (χ1n) is 6.14. The highest BCUT2D eigenvalue weighted by molar-refractivity contribution is 5.48. The molecule has 0 unspecified atom stereocenters. The largest absolute Gasteiger partial charge is 0.482 e. The standard InChI is InChI=1S/C14H15N3O3/c1-15-8-11-4-5-13(17(18)19)14(7-11)20-10-12-3-2-6-16-9-12/h2-7,9,15H,8,10H2,1H3. The SMILES string of the molecule is CNCc1ccc([N+](=O)[O-])c(OCc2cccnc2)c1. The fourth-order valence-corrected chi connectivity index (χ4v) is 1.78. The topological polar surface area (TPSA) is 77.3 Å². The first-order valence-corrected chi connectivity index (χ1v) is 6.14. The van der Waals surface area contributed by atoms with Crippen LogP contribution in [0.2, 0.25) is 0 Å². The van der Waals surface area contributed by atoms with Gasteiger partial charge in [0.25, 0.3) is 0 Å². The Bertz CT molecular complexity index is 587. The molecule has 0 saturated carbocycles. The van der Waals surface area contributed by atoms with E-state index in [0.29, 0.717) is 6.54 Å². The van der Waals surface area contributed by atoms with Gasteiger partial charge in [0.2, 0.25) is 0 Å². The van der Waals surface area contributed by atoms with E-state index in [1.807, 2.05) is 13.1 Å². The molecular weight excluding hydrogens is 258 g/mol. The van der Waals surface area contributed by atoms with Crippen LogP contribution in [-0.4, -0.2) is 17.0 Å². The van der Waals surface area contributed by atoms with Crippen molar-refractivity contribution in [3.05, 3.63) is 64.0 Å². The summed E-state index contributed by atoms with van der Waals surface area (Å²) in [5.74, 6) is 0.270. The highest BCUT2D eigenvalue weighted by atomic mass is 16.6. The van der Waals surface area contributed by atoms with Crippen LogP contribution in [0, 0.1) is 10.1 Å². The van der Waals surface area contributed by atoms with Gasteiger partial charge in [-0.2, -0.15) is 0 Å². The predicted molar refractivity (Wildman–Crippen MR) is 74.4 cm³/mol. The molecule has 0 amide bonds. The average molecular weight is 273 g/mol. The van der Waals surface area contributed by atoms with Gasteiger partial charge in [-0.25, -0.2) is 0 Å². The zero-order valence-corrected chi connectivity index (χ0v) is 11.1. The Labute approximate surface area is 116 Å². The van der Waals surface area contributed by atoms with Crippen LogP contribution in [0.5, 0.6) is 5.75 Å². The zero-order chi connectivity index (χ0) is 14.4. The number of aromatic nitrogens is 1. The van der Waals surface area contributed by atoms with Gasteiger partial charge in [0.15, 0.2) is 5.75 Å². The van der Waals surface area contributed by atoms with Gasteiger partial charge in [-0.15, -0.1) is 0 Å². The molecule has 0 spiro atoms. The number of benzene rings is 1. The summed E-state index contributed by atoms with van der Waals surface area (Å²) in [6, 6.07) is 8.52. The van der Waals surface area contributed by atoms with Crippen LogP contribution in [0.1, 0.15) is 11.1 Å². The van der Waals surface area contributed by atoms with Gasteiger partial charge in [-0.05, 0) is 24.7 Å². The monoisotopic (exact) mass is 273 g/mol. The van der Waals surface area contributed by atoms with E-state index in [2.05, 4.69) is 10.3 Å². The van der Waals surface area contributed by atoms with Crippen LogP contribution < -0.4 is 10.1 Å². The Morgan fingerprint density at radius 3 is 2.85 bits per heavy atom. The molecule has 0 bridgehead atoms. The average Bonchev–Trinajstić information content (AvgIpc) is 2.46. The van der Waals surface area contributed by atoms with Gasteiger partial charge in [0.05, 0.1) is 4.92 Å². The molecular formula is C14H15N3O3. The van der Waals surface area contributed by atoms with Gasteiger partial charge in [0, 0.05) is 30.6 Å². The minimum absolute atomic E-state index is 0.0336. The van der Waals surface area contributed by atoms with Crippen LogP contribution in [0.3, 0.4) is 0 Å². The third-order valence-electron chi connectivity index (χ3n) is 2.72. The molecule has 1 aromatic carbocycles. The second-order valence-electron chi connectivity index (χ2n) is 4.24. The number of ether oxygens (including phenoxy) is 1. The number of nitro groups is 1. The maximum absolute atomic E-state index is 11.0. The van der Waals surface area contributed by atoms with E-state index in [0.717, 1.165) is 11.1 Å². The maximum Gasteiger partial charge on any atom is 0.310 e. The first-order chi connectivity index (χ1) is 9.70. The van der Waals surface area contributed by atoms with E-state index in [1.165, 1.54) is 6.07 Å². The maximum atomic E-state index is 11.0. The lowest BCUT2D eigenvalue weighted by atomic mass is 10.2. The van der Waals surface area contributed by atoms with Gasteiger partial charge in [-0.3, -0.25) is 15.1 Å². The summed E-state index contributed by atoms with van der Waals surface area (Å²) in [6.45, 7) is 0.874. The number of nitrogens with one attached hydrogen (secondary N) is 1. The third-order valence-corrected chi connectivity index (χ3v) is 2.72. The van der Waals surface area contributed by atoms with Crippen LogP contribution in [0.15, 0.2) is 42.7 Å². The molecule has 0 aliphatic heterocycles. The zero-order valence-electron chi connectivity index (χ0n) is 11.1. The van der Waals surface area contributed by atoms with Crippen molar-refractivity contribution in [2.75, 3.05) is 7.05 Å². The smallest absolute Gasteiger partial charge is 0.310 e. The van der Waals surface area contributed by atoms with Crippen molar-refractivity contribution in [1.82, 2.24) is 10.3 Å². The summed E-state index contributed by atoms with van der Waals surface area (Å²) in [5, 5.41) is 14.0. The number of rotatable bonds is 6. The summed E-state index contributed by atoms with van der Waals surface area (Å²) in [7, 11) is 1.82. The highest BCUT2D eigenvalue weighted by Crippen LogP contribution is 2.28. The van der Waals surface area contributed by atoms with E-state index in [-0.39, 0.29) is 18.0 Å². The summed E-state index contributed by atoms with van der Waals surface area (Å²) >= 11 is 0. The van der Waals surface area contributed by atoms with Crippen molar-refractivity contribution >= 4 is 5.69 Å². The molecule has 20 heavy (non-hydrogen) atoms. The molecule has 0 fully saturated rings. The molecule has 0 aliphatic carbocycles. The minimum atomic E-state index is -0.443. The Morgan fingerprint density at radius 2 is 2.20 bits per heavy atom. The molecule has 0 radical (unpaired) electrons. The highest BCUT2D eigenvalue weighted by Gasteiger charge is 2.15. The van der Waals surface area contributed by atoms with Crippen LogP contribution >= 0.6 is 0 Å². The first kappa shape index (κ1) is 14.0. The molecule has 104 valence electrons. The Morgan fingerprint density at radius 1 is 1.35 bits per heavy atom. The van der Waals surface area contributed by atoms with Crippen LogP contribution in [-0.2, 0) is 13.2 Å². The molecule has 1 heterocycles. The van der Waals surface area contributed by atoms with Crippen molar-refractivity contribution in [1.29, 1.82) is 0 Å². The lowest BCUT2D eigenvalue weighted by Crippen LogP contribution is -2.06. The van der Waals surface area contributed by atoms with E-state index in [4.69, 9.17) is 4.74 Å². The second-order valence-corrected chi connectivity index (χ2v) is 4.24. The summed E-state index contributed by atoms with van der Waals surface area (Å²) < 4.78 is 5.56. The minimum Gasteiger partial charge on any atom is -0.482 e. The predicted octanol–water partition coefficient (Wildman–Crippen LogP) is 2.29. The lowest BCUT2D eigenvalue weighted by molar-refractivity contribution is -0.386. The number of nitrogens with zero attached hydrogens (tertiary/aromatic N) is 2. The van der Waals surface area contributed by atoms with Crippen molar-refractivity contribution in [2.24, 2.45) is 0 Å². The molecule has 0 saturated heterocycles. The quantitative estimate of drug-likeness (QED) is 0.645. The molecule has 2 aromatic rings. The van der Waals surface area contributed by atoms with Gasteiger partial charge >= 0.3 is 5.69 Å². The molecule has 0 aliphatic rings. The Balaban J connectivity index is 2.19. The number of hydrogen-bond acceptors (Lipinski definition) is 5.